The molecule has 0 radical (unpaired) electrons. The summed E-state index contributed by atoms with van der Waals surface area (Å²) in [5, 5.41) is 11.8. The second kappa shape index (κ2) is 5.36. The van der Waals surface area contributed by atoms with Crippen LogP contribution in [-0.2, 0) is 16.1 Å². The molecule has 0 saturated heterocycles. The molecule has 0 heterocycles. The van der Waals surface area contributed by atoms with Crippen LogP contribution in [0, 0.1) is 0 Å². The first-order valence-corrected chi connectivity index (χ1v) is 4.72. The fourth-order valence-electron chi connectivity index (χ4n) is 1.05. The lowest BCUT2D eigenvalue weighted by Gasteiger charge is -2.10. The summed E-state index contributed by atoms with van der Waals surface area (Å²) in [5.74, 6) is 0.0703. The van der Waals surface area contributed by atoms with Crippen LogP contribution in [0.1, 0.15) is 12.5 Å². The highest BCUT2D eigenvalue weighted by atomic mass is 16.5. The van der Waals surface area contributed by atoms with E-state index in [-0.39, 0.29) is 11.7 Å². The highest BCUT2D eigenvalue weighted by molar-refractivity contribution is 5.80. The topological polar surface area (TPSA) is 58.6 Å². The van der Waals surface area contributed by atoms with Gasteiger partial charge in [0.15, 0.2) is 0 Å². The van der Waals surface area contributed by atoms with Crippen molar-refractivity contribution < 1.29 is 14.6 Å². The molecule has 82 valence electrons. The van der Waals surface area contributed by atoms with Crippen molar-refractivity contribution in [3.63, 3.8) is 0 Å². The van der Waals surface area contributed by atoms with Gasteiger partial charge < -0.3 is 15.2 Å². The van der Waals surface area contributed by atoms with Crippen molar-refractivity contribution in [2.75, 3.05) is 7.11 Å². The van der Waals surface area contributed by atoms with Crippen LogP contribution in [-0.4, -0.2) is 24.2 Å². The zero-order chi connectivity index (χ0) is 11.3. The van der Waals surface area contributed by atoms with Gasteiger partial charge in [-0.1, -0.05) is 12.1 Å². The Bertz CT molecular complexity index is 321. The number of carbonyl (C=O) groups excluding carboxylic acids is 1. The molecular weight excluding hydrogens is 194 g/mol. The highest BCUT2D eigenvalue weighted by Crippen LogP contribution is 2.09. The molecule has 0 fully saturated rings. The SMILES string of the molecule is COC(C)C(=O)NCc1ccc(O)cc1. The van der Waals surface area contributed by atoms with Crippen LogP contribution in [0.5, 0.6) is 5.75 Å². The van der Waals surface area contributed by atoms with Crippen molar-refractivity contribution in [2.24, 2.45) is 0 Å². The van der Waals surface area contributed by atoms with Crippen LogP contribution in [0.4, 0.5) is 0 Å². The fraction of sp³-hybridized carbons (Fsp3) is 0.364. The number of aromatic hydroxyl groups is 1. The number of amides is 1. The molecule has 15 heavy (non-hydrogen) atoms. The Morgan fingerprint density at radius 3 is 2.60 bits per heavy atom. The Kier molecular flexibility index (Phi) is 4.12. The molecule has 1 amide bonds. The summed E-state index contributed by atoms with van der Waals surface area (Å²) in [7, 11) is 1.49. The molecule has 0 aliphatic carbocycles. The third-order valence-corrected chi connectivity index (χ3v) is 2.13. The molecule has 1 aromatic rings. The van der Waals surface area contributed by atoms with Gasteiger partial charge in [-0.2, -0.15) is 0 Å². The molecule has 1 unspecified atom stereocenters. The fourth-order valence-corrected chi connectivity index (χ4v) is 1.05. The standard InChI is InChI=1S/C11H15NO3/c1-8(15-2)11(14)12-7-9-3-5-10(13)6-4-9/h3-6,8,13H,7H2,1-2H3,(H,12,14). The second-order valence-electron chi connectivity index (χ2n) is 3.26. The lowest BCUT2D eigenvalue weighted by Crippen LogP contribution is -2.33. The van der Waals surface area contributed by atoms with Gasteiger partial charge in [0.05, 0.1) is 0 Å². The van der Waals surface area contributed by atoms with E-state index >= 15 is 0 Å². The van der Waals surface area contributed by atoms with E-state index in [9.17, 15) is 4.79 Å². The van der Waals surface area contributed by atoms with E-state index in [0.29, 0.717) is 6.54 Å². The molecule has 0 aromatic heterocycles. The van der Waals surface area contributed by atoms with Crippen molar-refractivity contribution in [3.8, 4) is 5.75 Å². The minimum absolute atomic E-state index is 0.148. The number of hydrogen-bond acceptors (Lipinski definition) is 3. The van der Waals surface area contributed by atoms with E-state index in [4.69, 9.17) is 9.84 Å². The van der Waals surface area contributed by atoms with Gasteiger partial charge >= 0.3 is 0 Å². The van der Waals surface area contributed by atoms with Gasteiger partial charge in [-0.3, -0.25) is 4.79 Å². The van der Waals surface area contributed by atoms with E-state index in [2.05, 4.69) is 5.32 Å². The number of methoxy groups -OCH3 is 1. The van der Waals surface area contributed by atoms with Crippen LogP contribution in [0.3, 0.4) is 0 Å². The average Bonchev–Trinajstić information content (AvgIpc) is 2.26. The van der Waals surface area contributed by atoms with Gasteiger partial charge in [-0.05, 0) is 24.6 Å². The summed E-state index contributed by atoms with van der Waals surface area (Å²) in [6.07, 6.45) is -0.442. The van der Waals surface area contributed by atoms with E-state index in [1.807, 2.05) is 0 Å². The summed E-state index contributed by atoms with van der Waals surface area (Å²) in [4.78, 5) is 11.3. The molecule has 1 atom stereocenters. The highest BCUT2D eigenvalue weighted by Gasteiger charge is 2.10. The van der Waals surface area contributed by atoms with Crippen LogP contribution >= 0.6 is 0 Å². The molecule has 4 heteroatoms. The third-order valence-electron chi connectivity index (χ3n) is 2.13. The van der Waals surface area contributed by atoms with Crippen LogP contribution in [0.25, 0.3) is 0 Å². The lowest BCUT2D eigenvalue weighted by atomic mass is 10.2. The number of carbonyl (C=O) groups is 1. The van der Waals surface area contributed by atoms with Crippen molar-refractivity contribution in [3.05, 3.63) is 29.8 Å². The summed E-state index contributed by atoms with van der Waals surface area (Å²) < 4.78 is 4.87. The van der Waals surface area contributed by atoms with Crippen molar-refractivity contribution >= 4 is 5.91 Å². The molecule has 0 saturated carbocycles. The lowest BCUT2D eigenvalue weighted by molar-refractivity contribution is -0.130. The summed E-state index contributed by atoms with van der Waals surface area (Å²) in [6.45, 7) is 2.12. The van der Waals surface area contributed by atoms with Gasteiger partial charge in [-0.25, -0.2) is 0 Å². The van der Waals surface area contributed by atoms with Crippen molar-refractivity contribution in [1.29, 1.82) is 0 Å². The molecule has 1 rings (SSSR count). The summed E-state index contributed by atoms with van der Waals surface area (Å²) >= 11 is 0. The first kappa shape index (κ1) is 11.5. The Hall–Kier alpha value is -1.55. The monoisotopic (exact) mass is 209 g/mol. The maximum Gasteiger partial charge on any atom is 0.249 e. The van der Waals surface area contributed by atoms with Gasteiger partial charge in [0, 0.05) is 13.7 Å². The molecule has 4 nitrogen and oxygen atoms in total. The largest absolute Gasteiger partial charge is 0.508 e. The first-order valence-electron chi connectivity index (χ1n) is 4.72. The smallest absolute Gasteiger partial charge is 0.249 e. The number of phenolic OH excluding ortho intramolecular Hbond substituents is 1. The minimum atomic E-state index is -0.442. The molecule has 0 spiro atoms. The summed E-state index contributed by atoms with van der Waals surface area (Å²) in [5.41, 5.74) is 0.935. The number of benzene rings is 1. The predicted octanol–water partition coefficient (Wildman–Crippen LogP) is 1.04. The number of rotatable bonds is 4. The van der Waals surface area contributed by atoms with Crippen LogP contribution < -0.4 is 5.32 Å². The normalized spacial score (nSPS) is 12.1. The summed E-state index contributed by atoms with van der Waals surface area (Å²) in [6, 6.07) is 6.68. The Labute approximate surface area is 88.9 Å². The molecule has 0 aliphatic heterocycles. The minimum Gasteiger partial charge on any atom is -0.508 e. The number of hydrogen-bond donors (Lipinski definition) is 2. The zero-order valence-electron chi connectivity index (χ0n) is 8.86. The molecule has 0 aliphatic rings. The van der Waals surface area contributed by atoms with E-state index in [1.165, 1.54) is 7.11 Å². The molecule has 2 N–H and O–H groups in total. The van der Waals surface area contributed by atoms with Crippen LogP contribution in [0.2, 0.25) is 0 Å². The zero-order valence-corrected chi connectivity index (χ0v) is 8.86. The number of nitrogens with one attached hydrogen (secondary N) is 1. The molecular formula is C11H15NO3. The van der Waals surface area contributed by atoms with Gasteiger partial charge in [0.1, 0.15) is 11.9 Å². The first-order chi connectivity index (χ1) is 7.13. The maximum absolute atomic E-state index is 11.3. The van der Waals surface area contributed by atoms with Crippen molar-refractivity contribution in [1.82, 2.24) is 5.32 Å². The van der Waals surface area contributed by atoms with E-state index < -0.39 is 6.10 Å². The molecule has 1 aromatic carbocycles. The molecule has 0 bridgehead atoms. The third kappa shape index (κ3) is 3.59. The van der Waals surface area contributed by atoms with Gasteiger partial charge in [-0.15, -0.1) is 0 Å². The average molecular weight is 209 g/mol. The van der Waals surface area contributed by atoms with E-state index in [1.54, 1.807) is 31.2 Å². The van der Waals surface area contributed by atoms with E-state index in [0.717, 1.165) is 5.56 Å². The number of ether oxygens (including phenoxy) is 1. The number of phenols is 1. The van der Waals surface area contributed by atoms with Crippen molar-refractivity contribution in [2.45, 2.75) is 19.6 Å². The second-order valence-corrected chi connectivity index (χ2v) is 3.26. The maximum atomic E-state index is 11.3. The van der Waals surface area contributed by atoms with Gasteiger partial charge in [0.2, 0.25) is 5.91 Å². The van der Waals surface area contributed by atoms with Crippen LogP contribution in [0.15, 0.2) is 24.3 Å². The Balaban J connectivity index is 2.43. The predicted molar refractivity (Wildman–Crippen MR) is 56.4 cm³/mol. The Morgan fingerprint density at radius 2 is 2.07 bits per heavy atom. The Morgan fingerprint density at radius 1 is 1.47 bits per heavy atom. The quantitative estimate of drug-likeness (QED) is 0.779. The van der Waals surface area contributed by atoms with Gasteiger partial charge in [0.25, 0.3) is 0 Å².